The van der Waals surface area contributed by atoms with Gasteiger partial charge in [-0.1, -0.05) is 26.0 Å². The quantitative estimate of drug-likeness (QED) is 0.808. The Morgan fingerprint density at radius 2 is 2.10 bits per heavy atom. The minimum Gasteiger partial charge on any atom is -0.480 e. The van der Waals surface area contributed by atoms with Crippen molar-refractivity contribution in [2.45, 2.75) is 26.3 Å². The summed E-state index contributed by atoms with van der Waals surface area (Å²) in [5.74, 6) is -1.90. The van der Waals surface area contributed by atoms with Crippen LogP contribution in [0.1, 0.15) is 25.8 Å². The molecular weight excluding hydrogens is 264 g/mol. The van der Waals surface area contributed by atoms with Gasteiger partial charge in [0.05, 0.1) is 0 Å². The van der Waals surface area contributed by atoms with E-state index in [0.717, 1.165) is 6.07 Å². The standard InChI is InChI=1S/C15H19F2NO2/c1-10(2)8-14(15(19)20)18-7-3-4-11-5-6-12(16)9-13(11)17/h3-6,9-10,14,18H,7-8H2,1-2H3,(H,19,20)/b4-3+/t14-/m0/s1. The van der Waals surface area contributed by atoms with Gasteiger partial charge in [-0.3, -0.25) is 4.79 Å². The highest BCUT2D eigenvalue weighted by molar-refractivity contribution is 5.73. The van der Waals surface area contributed by atoms with Gasteiger partial charge in [0.1, 0.15) is 17.7 Å². The van der Waals surface area contributed by atoms with Crippen molar-refractivity contribution in [1.29, 1.82) is 0 Å². The van der Waals surface area contributed by atoms with Crippen LogP contribution in [0, 0.1) is 17.6 Å². The van der Waals surface area contributed by atoms with Gasteiger partial charge in [0.15, 0.2) is 0 Å². The number of halogens is 2. The molecule has 0 aliphatic rings. The fourth-order valence-electron chi connectivity index (χ4n) is 1.78. The number of rotatable bonds is 7. The molecule has 0 amide bonds. The Hall–Kier alpha value is -1.75. The third-order valence-corrected chi connectivity index (χ3v) is 2.75. The highest BCUT2D eigenvalue weighted by Gasteiger charge is 2.16. The third-order valence-electron chi connectivity index (χ3n) is 2.75. The second kappa shape index (κ2) is 7.75. The van der Waals surface area contributed by atoms with Crippen LogP contribution in [0.5, 0.6) is 0 Å². The molecule has 0 unspecified atom stereocenters. The van der Waals surface area contributed by atoms with E-state index in [1.54, 1.807) is 6.08 Å². The summed E-state index contributed by atoms with van der Waals surface area (Å²) in [4.78, 5) is 11.0. The second-order valence-corrected chi connectivity index (χ2v) is 5.00. The van der Waals surface area contributed by atoms with E-state index >= 15 is 0 Å². The van der Waals surface area contributed by atoms with Gasteiger partial charge in [0.25, 0.3) is 0 Å². The number of carboxylic acids is 1. The van der Waals surface area contributed by atoms with Crippen LogP contribution in [-0.2, 0) is 4.79 Å². The van der Waals surface area contributed by atoms with Crippen molar-refractivity contribution < 1.29 is 18.7 Å². The fraction of sp³-hybridized carbons (Fsp3) is 0.400. The molecule has 0 heterocycles. The van der Waals surface area contributed by atoms with E-state index in [1.807, 2.05) is 13.8 Å². The Balaban J connectivity index is 2.53. The molecule has 3 nitrogen and oxygen atoms in total. The molecule has 1 aromatic rings. The number of benzene rings is 1. The van der Waals surface area contributed by atoms with Crippen molar-refractivity contribution in [2.24, 2.45) is 5.92 Å². The maximum Gasteiger partial charge on any atom is 0.320 e. The Morgan fingerprint density at radius 1 is 1.40 bits per heavy atom. The van der Waals surface area contributed by atoms with Gasteiger partial charge in [-0.25, -0.2) is 8.78 Å². The molecule has 5 heteroatoms. The number of hydrogen-bond donors (Lipinski definition) is 2. The molecule has 1 rings (SSSR count). The summed E-state index contributed by atoms with van der Waals surface area (Å²) in [5, 5.41) is 11.9. The molecule has 1 aromatic carbocycles. The lowest BCUT2D eigenvalue weighted by Crippen LogP contribution is -2.37. The highest BCUT2D eigenvalue weighted by Crippen LogP contribution is 2.11. The molecule has 0 fully saturated rings. The summed E-state index contributed by atoms with van der Waals surface area (Å²) in [5.41, 5.74) is 0.268. The first-order valence-electron chi connectivity index (χ1n) is 6.48. The average molecular weight is 283 g/mol. The summed E-state index contributed by atoms with van der Waals surface area (Å²) >= 11 is 0. The molecule has 0 aromatic heterocycles. The van der Waals surface area contributed by atoms with Gasteiger partial charge in [-0.15, -0.1) is 0 Å². The minimum atomic E-state index is -0.903. The first-order chi connectivity index (χ1) is 9.40. The molecule has 1 atom stereocenters. The number of nitrogens with one attached hydrogen (secondary N) is 1. The van der Waals surface area contributed by atoms with Crippen LogP contribution < -0.4 is 5.32 Å². The van der Waals surface area contributed by atoms with Crippen LogP contribution in [0.15, 0.2) is 24.3 Å². The van der Waals surface area contributed by atoms with Crippen LogP contribution in [0.25, 0.3) is 6.08 Å². The monoisotopic (exact) mass is 283 g/mol. The lowest BCUT2D eigenvalue weighted by Gasteiger charge is -2.15. The summed E-state index contributed by atoms with van der Waals surface area (Å²) in [6.45, 7) is 4.20. The topological polar surface area (TPSA) is 49.3 Å². The Bertz CT molecular complexity index is 487. The lowest BCUT2D eigenvalue weighted by atomic mass is 10.0. The number of carboxylic acid groups (broad SMARTS) is 1. The third kappa shape index (κ3) is 5.48. The normalized spacial score (nSPS) is 13.1. The first kappa shape index (κ1) is 16.3. The predicted molar refractivity (Wildman–Crippen MR) is 74.3 cm³/mol. The predicted octanol–water partition coefficient (Wildman–Crippen LogP) is 3.07. The van der Waals surface area contributed by atoms with Crippen molar-refractivity contribution >= 4 is 12.0 Å². The molecule has 110 valence electrons. The van der Waals surface area contributed by atoms with Crippen LogP contribution in [0.4, 0.5) is 8.78 Å². The Morgan fingerprint density at radius 3 is 2.65 bits per heavy atom. The van der Waals surface area contributed by atoms with Crippen LogP contribution in [0.3, 0.4) is 0 Å². The largest absolute Gasteiger partial charge is 0.480 e. The molecule has 0 bridgehead atoms. The van der Waals surface area contributed by atoms with E-state index in [0.29, 0.717) is 13.0 Å². The van der Waals surface area contributed by atoms with Crippen LogP contribution >= 0.6 is 0 Å². The lowest BCUT2D eigenvalue weighted by molar-refractivity contribution is -0.139. The fourth-order valence-corrected chi connectivity index (χ4v) is 1.78. The van der Waals surface area contributed by atoms with E-state index < -0.39 is 23.6 Å². The zero-order valence-electron chi connectivity index (χ0n) is 11.6. The van der Waals surface area contributed by atoms with Crippen molar-refractivity contribution in [3.8, 4) is 0 Å². The average Bonchev–Trinajstić information content (AvgIpc) is 2.34. The van der Waals surface area contributed by atoms with Gasteiger partial charge in [-0.2, -0.15) is 0 Å². The zero-order valence-corrected chi connectivity index (χ0v) is 11.6. The summed E-state index contributed by atoms with van der Waals surface area (Å²) in [6.07, 6.45) is 3.64. The van der Waals surface area contributed by atoms with E-state index in [1.165, 1.54) is 18.2 Å². The van der Waals surface area contributed by atoms with E-state index in [2.05, 4.69) is 5.32 Å². The van der Waals surface area contributed by atoms with E-state index in [4.69, 9.17) is 5.11 Å². The maximum atomic E-state index is 13.3. The van der Waals surface area contributed by atoms with Gasteiger partial charge >= 0.3 is 5.97 Å². The molecular formula is C15H19F2NO2. The molecule has 0 aliphatic heterocycles. The number of aliphatic carboxylic acids is 1. The summed E-state index contributed by atoms with van der Waals surface area (Å²) in [7, 11) is 0. The summed E-state index contributed by atoms with van der Waals surface area (Å²) in [6, 6.07) is 2.70. The van der Waals surface area contributed by atoms with E-state index in [-0.39, 0.29) is 11.5 Å². The molecule has 20 heavy (non-hydrogen) atoms. The number of carbonyl (C=O) groups is 1. The van der Waals surface area contributed by atoms with Crippen molar-refractivity contribution in [3.63, 3.8) is 0 Å². The summed E-state index contributed by atoms with van der Waals surface area (Å²) < 4.78 is 26.0. The molecule has 2 N–H and O–H groups in total. The van der Waals surface area contributed by atoms with Gasteiger partial charge in [0.2, 0.25) is 0 Å². The SMILES string of the molecule is CC(C)C[C@H](NC/C=C/c1ccc(F)cc1F)C(=O)O. The minimum absolute atomic E-state index is 0.266. The van der Waals surface area contributed by atoms with Gasteiger partial charge < -0.3 is 10.4 Å². The second-order valence-electron chi connectivity index (χ2n) is 5.00. The van der Waals surface area contributed by atoms with Gasteiger partial charge in [-0.05, 0) is 24.5 Å². The van der Waals surface area contributed by atoms with Crippen molar-refractivity contribution in [2.75, 3.05) is 6.54 Å². The smallest absolute Gasteiger partial charge is 0.320 e. The molecule has 0 spiro atoms. The van der Waals surface area contributed by atoms with Gasteiger partial charge in [0, 0.05) is 18.2 Å². The zero-order chi connectivity index (χ0) is 15.1. The Labute approximate surface area is 117 Å². The maximum absolute atomic E-state index is 13.3. The highest BCUT2D eigenvalue weighted by atomic mass is 19.1. The first-order valence-corrected chi connectivity index (χ1v) is 6.48. The molecule has 0 saturated heterocycles. The molecule has 0 radical (unpaired) electrons. The van der Waals surface area contributed by atoms with E-state index in [9.17, 15) is 13.6 Å². The molecule has 0 saturated carbocycles. The van der Waals surface area contributed by atoms with Crippen LogP contribution in [0.2, 0.25) is 0 Å². The Kier molecular flexibility index (Phi) is 6.31. The van der Waals surface area contributed by atoms with Crippen molar-refractivity contribution in [3.05, 3.63) is 41.5 Å². The molecule has 0 aliphatic carbocycles. The van der Waals surface area contributed by atoms with Crippen LogP contribution in [-0.4, -0.2) is 23.7 Å². The van der Waals surface area contributed by atoms with Crippen molar-refractivity contribution in [1.82, 2.24) is 5.32 Å². The number of hydrogen-bond acceptors (Lipinski definition) is 2.